The Bertz CT molecular complexity index is 373. The quantitative estimate of drug-likeness (QED) is 0.857. The van der Waals surface area contributed by atoms with E-state index in [-0.39, 0.29) is 11.9 Å². The van der Waals surface area contributed by atoms with Crippen molar-refractivity contribution >= 4 is 33.6 Å². The van der Waals surface area contributed by atoms with Crippen LogP contribution in [0, 0.1) is 0 Å². The molecule has 0 aromatic carbocycles. The number of halogens is 1. The largest absolute Gasteiger partial charge is 0.338 e. The number of hydrogen-bond donors (Lipinski definition) is 0. The molecule has 3 nitrogen and oxygen atoms in total. The predicted molar refractivity (Wildman–Crippen MR) is 71.9 cm³/mol. The SMILES string of the molecule is CSCC(C)N(C)C(=O)c1cncc(Br)c1. The van der Waals surface area contributed by atoms with E-state index >= 15 is 0 Å². The van der Waals surface area contributed by atoms with Crippen molar-refractivity contribution < 1.29 is 4.79 Å². The highest BCUT2D eigenvalue weighted by atomic mass is 79.9. The lowest BCUT2D eigenvalue weighted by Gasteiger charge is -2.24. The molecule has 1 unspecified atom stereocenters. The minimum atomic E-state index is 0.00958. The van der Waals surface area contributed by atoms with Gasteiger partial charge in [-0.3, -0.25) is 9.78 Å². The van der Waals surface area contributed by atoms with Crippen molar-refractivity contribution in [3.05, 3.63) is 28.5 Å². The minimum Gasteiger partial charge on any atom is -0.338 e. The molecule has 1 aromatic rings. The van der Waals surface area contributed by atoms with Crippen molar-refractivity contribution in [3.8, 4) is 0 Å². The zero-order chi connectivity index (χ0) is 12.1. The lowest BCUT2D eigenvalue weighted by Crippen LogP contribution is -2.36. The van der Waals surface area contributed by atoms with E-state index in [0.29, 0.717) is 5.56 Å². The number of carbonyl (C=O) groups is 1. The maximum absolute atomic E-state index is 12.1. The van der Waals surface area contributed by atoms with Crippen molar-refractivity contribution in [2.24, 2.45) is 0 Å². The van der Waals surface area contributed by atoms with Crippen LogP contribution in [0.1, 0.15) is 17.3 Å². The molecular weight excluding hydrogens is 288 g/mol. The molecule has 1 aromatic heterocycles. The highest BCUT2D eigenvalue weighted by Gasteiger charge is 2.17. The normalized spacial score (nSPS) is 12.2. The molecule has 16 heavy (non-hydrogen) atoms. The van der Waals surface area contributed by atoms with Crippen LogP contribution in [0.2, 0.25) is 0 Å². The molecule has 88 valence electrons. The van der Waals surface area contributed by atoms with E-state index < -0.39 is 0 Å². The van der Waals surface area contributed by atoms with Gasteiger partial charge in [-0.25, -0.2) is 0 Å². The molecule has 0 fully saturated rings. The van der Waals surface area contributed by atoms with Crippen LogP contribution < -0.4 is 0 Å². The third kappa shape index (κ3) is 3.49. The Morgan fingerprint density at radius 3 is 2.88 bits per heavy atom. The number of hydrogen-bond acceptors (Lipinski definition) is 3. The summed E-state index contributed by atoms with van der Waals surface area (Å²) in [7, 11) is 1.82. The monoisotopic (exact) mass is 302 g/mol. The van der Waals surface area contributed by atoms with Gasteiger partial charge in [0.25, 0.3) is 5.91 Å². The van der Waals surface area contributed by atoms with Gasteiger partial charge in [0, 0.05) is 35.7 Å². The van der Waals surface area contributed by atoms with E-state index in [1.165, 1.54) is 0 Å². The van der Waals surface area contributed by atoms with Crippen LogP contribution in [0.5, 0.6) is 0 Å². The highest BCUT2D eigenvalue weighted by molar-refractivity contribution is 9.10. The zero-order valence-electron chi connectivity index (χ0n) is 9.61. The standard InChI is InChI=1S/C11H15BrN2OS/c1-8(7-16-3)14(2)11(15)9-4-10(12)6-13-5-9/h4-6,8H,7H2,1-3H3. The Labute approximate surface area is 109 Å². The van der Waals surface area contributed by atoms with E-state index in [2.05, 4.69) is 20.9 Å². The second kappa shape index (κ2) is 6.25. The minimum absolute atomic E-state index is 0.00958. The average Bonchev–Trinajstić information content (AvgIpc) is 2.27. The fourth-order valence-electron chi connectivity index (χ4n) is 1.29. The van der Waals surface area contributed by atoms with E-state index in [9.17, 15) is 4.79 Å². The topological polar surface area (TPSA) is 33.2 Å². The lowest BCUT2D eigenvalue weighted by molar-refractivity contribution is 0.0757. The molecule has 0 aliphatic rings. The molecule has 0 spiro atoms. The molecule has 0 aliphatic carbocycles. The second-order valence-corrected chi connectivity index (χ2v) is 5.44. The highest BCUT2D eigenvalue weighted by Crippen LogP contribution is 2.13. The van der Waals surface area contributed by atoms with Gasteiger partial charge in [-0.2, -0.15) is 11.8 Å². The third-order valence-corrected chi connectivity index (χ3v) is 3.59. The first-order chi connectivity index (χ1) is 7.56. The van der Waals surface area contributed by atoms with Gasteiger partial charge in [0.1, 0.15) is 0 Å². The summed E-state index contributed by atoms with van der Waals surface area (Å²) in [4.78, 5) is 17.8. The summed E-state index contributed by atoms with van der Waals surface area (Å²) in [5.74, 6) is 0.944. The third-order valence-electron chi connectivity index (χ3n) is 2.34. The smallest absolute Gasteiger partial charge is 0.255 e. The van der Waals surface area contributed by atoms with Crippen LogP contribution in [-0.2, 0) is 0 Å². The zero-order valence-corrected chi connectivity index (χ0v) is 12.0. The molecule has 1 heterocycles. The van der Waals surface area contributed by atoms with E-state index in [1.54, 1.807) is 35.1 Å². The maximum Gasteiger partial charge on any atom is 0.255 e. The van der Waals surface area contributed by atoms with Crippen molar-refractivity contribution in [1.82, 2.24) is 9.88 Å². The average molecular weight is 303 g/mol. The number of aromatic nitrogens is 1. The van der Waals surface area contributed by atoms with E-state index in [4.69, 9.17) is 0 Å². The molecular formula is C11H15BrN2OS. The Morgan fingerprint density at radius 2 is 2.31 bits per heavy atom. The predicted octanol–water partition coefficient (Wildman–Crippen LogP) is 2.67. The summed E-state index contributed by atoms with van der Waals surface area (Å²) >= 11 is 5.05. The van der Waals surface area contributed by atoms with Crippen molar-refractivity contribution in [1.29, 1.82) is 0 Å². The lowest BCUT2D eigenvalue weighted by atomic mass is 10.2. The van der Waals surface area contributed by atoms with Gasteiger partial charge >= 0.3 is 0 Å². The maximum atomic E-state index is 12.1. The van der Waals surface area contributed by atoms with Gasteiger partial charge in [-0.1, -0.05) is 0 Å². The van der Waals surface area contributed by atoms with E-state index in [1.807, 2.05) is 20.2 Å². The molecule has 0 N–H and O–H groups in total. The summed E-state index contributed by atoms with van der Waals surface area (Å²) in [6.07, 6.45) is 5.30. The number of thioether (sulfide) groups is 1. The van der Waals surface area contributed by atoms with E-state index in [0.717, 1.165) is 10.2 Å². The summed E-state index contributed by atoms with van der Waals surface area (Å²) in [5, 5.41) is 0. The van der Waals surface area contributed by atoms with Gasteiger partial charge in [0.2, 0.25) is 0 Å². The Hall–Kier alpha value is -0.550. The Balaban J connectivity index is 2.77. The first kappa shape index (κ1) is 13.5. The van der Waals surface area contributed by atoms with Crippen LogP contribution >= 0.6 is 27.7 Å². The number of rotatable bonds is 4. The summed E-state index contributed by atoms with van der Waals surface area (Å²) in [6, 6.07) is 2.01. The molecule has 0 bridgehead atoms. The number of amides is 1. The van der Waals surface area contributed by atoms with Gasteiger partial charge in [0.05, 0.1) is 5.56 Å². The molecule has 0 saturated carbocycles. The van der Waals surface area contributed by atoms with Gasteiger partial charge < -0.3 is 4.90 Å². The van der Waals surface area contributed by atoms with Gasteiger partial charge in [0.15, 0.2) is 0 Å². The van der Waals surface area contributed by atoms with Crippen LogP contribution in [-0.4, -0.2) is 40.9 Å². The van der Waals surface area contributed by atoms with Crippen molar-refractivity contribution in [2.45, 2.75) is 13.0 Å². The van der Waals surface area contributed by atoms with Crippen LogP contribution in [0.25, 0.3) is 0 Å². The molecule has 0 saturated heterocycles. The Morgan fingerprint density at radius 1 is 1.62 bits per heavy atom. The summed E-state index contributed by atoms with van der Waals surface area (Å²) in [6.45, 7) is 2.04. The summed E-state index contributed by atoms with van der Waals surface area (Å²) < 4.78 is 0.823. The van der Waals surface area contributed by atoms with Crippen LogP contribution in [0.15, 0.2) is 22.9 Å². The molecule has 0 aliphatic heterocycles. The number of nitrogens with zero attached hydrogens (tertiary/aromatic N) is 2. The van der Waals surface area contributed by atoms with Gasteiger partial charge in [-0.15, -0.1) is 0 Å². The Kier molecular flexibility index (Phi) is 5.28. The molecule has 1 amide bonds. The fraction of sp³-hybridized carbons (Fsp3) is 0.455. The number of carbonyl (C=O) groups excluding carboxylic acids is 1. The molecule has 1 rings (SSSR count). The van der Waals surface area contributed by atoms with Crippen molar-refractivity contribution in [2.75, 3.05) is 19.1 Å². The van der Waals surface area contributed by atoms with Crippen LogP contribution in [0.3, 0.4) is 0 Å². The second-order valence-electron chi connectivity index (χ2n) is 3.61. The molecule has 5 heteroatoms. The van der Waals surface area contributed by atoms with Crippen LogP contribution in [0.4, 0.5) is 0 Å². The van der Waals surface area contributed by atoms with Crippen molar-refractivity contribution in [3.63, 3.8) is 0 Å². The first-order valence-electron chi connectivity index (χ1n) is 4.93. The molecule has 1 atom stereocenters. The van der Waals surface area contributed by atoms with Gasteiger partial charge in [-0.05, 0) is 35.2 Å². The molecule has 0 radical (unpaired) electrons. The number of pyridine rings is 1. The fourth-order valence-corrected chi connectivity index (χ4v) is 2.36. The first-order valence-corrected chi connectivity index (χ1v) is 7.11. The summed E-state index contributed by atoms with van der Waals surface area (Å²) in [5.41, 5.74) is 0.616.